The Morgan fingerprint density at radius 3 is 2.25 bits per heavy atom. The lowest BCUT2D eigenvalue weighted by atomic mass is 9.40. The normalized spacial score (nSPS) is 48.2. The number of esters is 2. The van der Waals surface area contributed by atoms with Gasteiger partial charge in [0.25, 0.3) is 0 Å². The van der Waals surface area contributed by atoms with Crippen LogP contribution in [0.3, 0.4) is 0 Å². The van der Waals surface area contributed by atoms with Crippen molar-refractivity contribution in [2.24, 2.45) is 39.4 Å². The molecule has 6 N–H and O–H groups in total. The molecule has 3 aliphatic heterocycles. The van der Waals surface area contributed by atoms with Crippen LogP contribution >= 0.6 is 0 Å². The van der Waals surface area contributed by atoms with Crippen LogP contribution in [0.2, 0.25) is 0 Å². The van der Waals surface area contributed by atoms with Crippen LogP contribution in [-0.2, 0) is 52.6 Å². The summed E-state index contributed by atoms with van der Waals surface area (Å²) in [7, 11) is -5.03. The van der Waals surface area contributed by atoms with Crippen molar-refractivity contribution in [2.75, 3.05) is 6.61 Å². The molecule has 18 atom stereocenters. The Labute approximate surface area is 358 Å². The van der Waals surface area contributed by atoms with E-state index in [0.717, 1.165) is 31.3 Å². The lowest BCUT2D eigenvalue weighted by Gasteiger charge is -2.64. The Hall–Kier alpha value is -1.81. The van der Waals surface area contributed by atoms with Gasteiger partial charge in [-0.05, 0) is 114 Å². The van der Waals surface area contributed by atoms with Gasteiger partial charge >= 0.3 is 22.3 Å². The summed E-state index contributed by atoms with van der Waals surface area (Å²) < 4.78 is 73.6. The first-order valence-corrected chi connectivity index (χ1v) is 23.3. The van der Waals surface area contributed by atoms with Gasteiger partial charge in [-0.15, -0.1) is 0 Å². The van der Waals surface area contributed by atoms with Crippen molar-refractivity contribution in [3.63, 3.8) is 0 Å². The molecule has 0 unspecified atom stereocenters. The number of ether oxygens (including phenoxy) is 6. The van der Waals surface area contributed by atoms with Crippen molar-refractivity contribution in [2.45, 2.75) is 199 Å². The van der Waals surface area contributed by atoms with Gasteiger partial charge < -0.3 is 54.0 Å². The van der Waals surface area contributed by atoms with E-state index < -0.39 is 117 Å². The second-order valence-corrected chi connectivity index (χ2v) is 22.0. The van der Waals surface area contributed by atoms with Crippen LogP contribution in [0.5, 0.6) is 0 Å². The summed E-state index contributed by atoms with van der Waals surface area (Å²) >= 11 is 0. The van der Waals surface area contributed by atoms with Crippen LogP contribution in [0.15, 0.2) is 11.6 Å². The van der Waals surface area contributed by atoms with E-state index in [4.69, 9.17) is 32.6 Å². The maximum absolute atomic E-state index is 14.4. The SMILES string of the molecule is CC(=O)OC(C)(C)CCC[C@]1(C)OC(=O)[C@]23[C@@H](O)C=C4[C@@H](CC[C@H]5C(C)(C)[C@@H](O[C@@H]6OC[C@@H](OS(=O)(=O)O)[C@H](O)[C@H]6O[C@@H]6O[C@H](C)[C@@H](O)[C@H](O)[C@H]6O)CC[C@]45C)[C@]2(C)CC[C@@H]31. The fourth-order valence-corrected chi connectivity index (χ4v) is 14.1. The van der Waals surface area contributed by atoms with Gasteiger partial charge in [0.2, 0.25) is 0 Å². The molecule has 0 aromatic rings. The average molecular weight is 889 g/mol. The average Bonchev–Trinajstić information content (AvgIpc) is 3.60. The topological polar surface area (TPSA) is 254 Å². The third-order valence-corrected chi connectivity index (χ3v) is 17.0. The van der Waals surface area contributed by atoms with Gasteiger partial charge in [0.05, 0.1) is 24.9 Å². The minimum absolute atomic E-state index is 0.0146. The number of rotatable bonds is 11. The number of allylic oxidation sites excluding steroid dienone is 1. The quantitative estimate of drug-likeness (QED) is 0.0755. The van der Waals surface area contributed by atoms with Gasteiger partial charge in [-0.25, -0.2) is 4.18 Å². The largest absolute Gasteiger partial charge is 0.460 e. The number of aliphatic hydroxyl groups is 5. The molecule has 7 rings (SSSR count). The fraction of sp³-hybridized carbons (Fsp3) is 0.907. The van der Waals surface area contributed by atoms with Gasteiger partial charge in [0.15, 0.2) is 12.6 Å². The number of carbonyl (C=O) groups is 2. The number of cyclic esters (lactones) is 1. The second kappa shape index (κ2) is 16.0. The first-order valence-electron chi connectivity index (χ1n) is 21.9. The molecule has 1 spiro atoms. The molecule has 3 saturated heterocycles. The van der Waals surface area contributed by atoms with E-state index in [1.807, 2.05) is 26.8 Å². The molecule has 0 amide bonds. The van der Waals surface area contributed by atoms with Gasteiger partial charge in [-0.2, -0.15) is 8.42 Å². The number of hydrogen-bond acceptors (Lipinski definition) is 16. The van der Waals surface area contributed by atoms with Crippen LogP contribution in [0.1, 0.15) is 120 Å². The lowest BCUT2D eigenvalue weighted by Crippen LogP contribution is -2.64. The highest BCUT2D eigenvalue weighted by atomic mass is 32.3. The predicted octanol–water partition coefficient (Wildman–Crippen LogP) is 2.87. The molecular formula is C43H68O17S. The molecule has 61 heavy (non-hydrogen) atoms. The highest BCUT2D eigenvalue weighted by Gasteiger charge is 2.79. The molecule has 0 aromatic carbocycles. The zero-order chi connectivity index (χ0) is 45.0. The zero-order valence-corrected chi connectivity index (χ0v) is 37.6. The minimum Gasteiger partial charge on any atom is -0.460 e. The van der Waals surface area contributed by atoms with Crippen molar-refractivity contribution >= 4 is 22.3 Å². The van der Waals surface area contributed by atoms with Crippen molar-refractivity contribution in [1.29, 1.82) is 0 Å². The third kappa shape index (κ3) is 7.73. The van der Waals surface area contributed by atoms with E-state index >= 15 is 0 Å². The minimum atomic E-state index is -5.03. The molecule has 4 aliphatic carbocycles. The van der Waals surface area contributed by atoms with Crippen molar-refractivity contribution in [1.82, 2.24) is 0 Å². The van der Waals surface area contributed by atoms with E-state index in [9.17, 15) is 48.1 Å². The zero-order valence-electron chi connectivity index (χ0n) is 36.8. The molecule has 18 heteroatoms. The van der Waals surface area contributed by atoms with E-state index in [2.05, 4.69) is 27.7 Å². The number of hydrogen-bond donors (Lipinski definition) is 6. The monoisotopic (exact) mass is 888 g/mol. The van der Waals surface area contributed by atoms with Crippen LogP contribution in [0.4, 0.5) is 0 Å². The van der Waals surface area contributed by atoms with E-state index in [1.165, 1.54) is 13.8 Å². The van der Waals surface area contributed by atoms with Crippen molar-refractivity contribution < 1.29 is 80.7 Å². The highest BCUT2D eigenvalue weighted by Crippen LogP contribution is 2.76. The highest BCUT2D eigenvalue weighted by molar-refractivity contribution is 7.80. The smallest absolute Gasteiger partial charge is 0.397 e. The molecule has 3 heterocycles. The Bertz CT molecular complexity index is 1840. The molecule has 0 bridgehead atoms. The standard InChI is InChI=1S/C43H68O17S/c1-21-30(46)32(48)33(49)35(55-21)57-34-31(47)25(60-61(51,52)53)20-54-36(34)56-29-14-17-40(7)24-19-28(45)43-27(13-18-41(43,8)23(24)11-12-26(40)39(29,5)6)42(9,59-37(43)50)16-10-15-38(3,4)58-22(2)44/h19,21,23,25-36,45-49H,10-18,20H2,1-9H3,(H,51,52,53)/t21-,23-,25-,26+,27-,28+,29+,30-,31+,32+,33-,34-,35+,36+,40-,41+,42+,43+/m1/s1. The summed E-state index contributed by atoms with van der Waals surface area (Å²) in [5, 5.41) is 55.3. The van der Waals surface area contributed by atoms with E-state index in [-0.39, 0.29) is 29.7 Å². The van der Waals surface area contributed by atoms with Crippen molar-refractivity contribution in [3.05, 3.63) is 11.6 Å². The van der Waals surface area contributed by atoms with E-state index in [1.54, 1.807) is 0 Å². The maximum atomic E-state index is 14.4. The fourth-order valence-electron chi connectivity index (χ4n) is 13.6. The molecule has 6 fully saturated rings. The first-order chi connectivity index (χ1) is 28.1. The van der Waals surface area contributed by atoms with Crippen LogP contribution < -0.4 is 0 Å². The first kappa shape index (κ1) is 47.2. The van der Waals surface area contributed by atoms with Gasteiger partial charge in [-0.3, -0.25) is 14.1 Å². The third-order valence-electron chi connectivity index (χ3n) is 16.5. The Kier molecular flexibility index (Phi) is 12.3. The van der Waals surface area contributed by atoms with E-state index in [0.29, 0.717) is 32.1 Å². The van der Waals surface area contributed by atoms with Gasteiger partial charge in [0.1, 0.15) is 53.2 Å². The maximum Gasteiger partial charge on any atom is 0.397 e. The summed E-state index contributed by atoms with van der Waals surface area (Å²) in [5.74, 6) is -0.848. The van der Waals surface area contributed by atoms with Crippen LogP contribution in [0, 0.1) is 39.4 Å². The molecule has 7 aliphatic rings. The Morgan fingerprint density at radius 1 is 0.902 bits per heavy atom. The molecule has 17 nitrogen and oxygen atoms in total. The van der Waals surface area contributed by atoms with Crippen LogP contribution in [0.25, 0.3) is 0 Å². The molecule has 0 radical (unpaired) electrons. The summed E-state index contributed by atoms with van der Waals surface area (Å²) in [5.41, 5.74) is -2.92. The lowest BCUT2D eigenvalue weighted by molar-refractivity contribution is -0.362. The summed E-state index contributed by atoms with van der Waals surface area (Å²) in [6.45, 7) is 16.7. The molecule has 348 valence electrons. The molecule has 0 aromatic heterocycles. The molecular weight excluding hydrogens is 821 g/mol. The number of fused-ring (bicyclic) bond motifs is 4. The van der Waals surface area contributed by atoms with Crippen molar-refractivity contribution in [3.8, 4) is 0 Å². The summed E-state index contributed by atoms with van der Waals surface area (Å²) in [4.78, 5) is 26.1. The van der Waals surface area contributed by atoms with Gasteiger partial charge in [0, 0.05) is 12.8 Å². The Morgan fingerprint density at radius 2 is 1.59 bits per heavy atom. The summed E-state index contributed by atoms with van der Waals surface area (Å²) in [6.07, 6.45) is -7.29. The summed E-state index contributed by atoms with van der Waals surface area (Å²) in [6, 6.07) is 0. The Balaban J connectivity index is 1.12. The second-order valence-electron chi connectivity index (χ2n) is 21.0. The van der Waals surface area contributed by atoms with Gasteiger partial charge in [-0.1, -0.05) is 39.3 Å². The molecule has 3 saturated carbocycles. The predicted molar refractivity (Wildman–Crippen MR) is 213 cm³/mol. The van der Waals surface area contributed by atoms with Crippen LogP contribution in [-0.4, -0.2) is 136 Å². The number of aliphatic hydroxyl groups excluding tert-OH is 5. The number of carbonyl (C=O) groups excluding carboxylic acids is 2.